The predicted molar refractivity (Wildman–Crippen MR) is 84.5 cm³/mol. The second-order valence-electron chi connectivity index (χ2n) is 5.29. The van der Waals surface area contributed by atoms with Crippen molar-refractivity contribution in [2.24, 2.45) is 7.05 Å². The average Bonchev–Trinajstić information content (AvgIpc) is 3.18. The molecule has 0 saturated heterocycles. The molecule has 3 aromatic rings. The second kappa shape index (κ2) is 6.11. The number of aliphatic hydroxyl groups is 1. The lowest BCUT2D eigenvalue weighted by Crippen LogP contribution is -2.10. The predicted octanol–water partition coefficient (Wildman–Crippen LogP) is 2.39. The number of rotatable bonds is 6. The Labute approximate surface area is 129 Å². The van der Waals surface area contributed by atoms with E-state index in [1.165, 1.54) is 5.56 Å². The van der Waals surface area contributed by atoms with Crippen LogP contribution in [-0.2, 0) is 20.1 Å². The number of aromatic nitrogens is 3. The normalized spacial score (nSPS) is 11.0. The van der Waals surface area contributed by atoms with E-state index in [4.69, 9.17) is 4.42 Å². The Morgan fingerprint density at radius 1 is 1.36 bits per heavy atom. The minimum Gasteiger partial charge on any atom is -0.469 e. The number of aryl methyl sites for hydroxylation is 2. The molecule has 0 unspecified atom stereocenters. The molecule has 3 rings (SSSR count). The van der Waals surface area contributed by atoms with Crippen molar-refractivity contribution < 1.29 is 9.52 Å². The first-order valence-electron chi connectivity index (χ1n) is 7.25. The molecule has 0 amide bonds. The summed E-state index contributed by atoms with van der Waals surface area (Å²) < 4.78 is 9.14. The van der Waals surface area contributed by atoms with Crippen LogP contribution < -0.4 is 5.32 Å². The fourth-order valence-electron chi connectivity index (χ4n) is 2.46. The highest BCUT2D eigenvalue weighted by Gasteiger charge is 2.12. The zero-order chi connectivity index (χ0) is 15.5. The van der Waals surface area contributed by atoms with Crippen molar-refractivity contribution in [1.29, 1.82) is 0 Å². The first-order valence-corrected chi connectivity index (χ1v) is 7.25. The maximum atomic E-state index is 9.22. The van der Waals surface area contributed by atoms with Gasteiger partial charge in [-0.3, -0.25) is 0 Å². The van der Waals surface area contributed by atoms with E-state index in [2.05, 4.69) is 22.7 Å². The van der Waals surface area contributed by atoms with Crippen molar-refractivity contribution in [1.82, 2.24) is 14.3 Å². The van der Waals surface area contributed by atoms with Crippen LogP contribution in [-0.4, -0.2) is 26.1 Å². The molecule has 0 saturated carbocycles. The van der Waals surface area contributed by atoms with Crippen molar-refractivity contribution in [3.63, 3.8) is 0 Å². The van der Waals surface area contributed by atoms with Gasteiger partial charge in [-0.1, -0.05) is 0 Å². The molecule has 0 radical (unpaired) electrons. The SMILES string of the molecule is Cc1occc1-c1cc(NCc2ccn(C)c2)n(CCO)n1. The van der Waals surface area contributed by atoms with E-state index in [1.54, 1.807) is 10.9 Å². The van der Waals surface area contributed by atoms with E-state index in [0.717, 1.165) is 22.8 Å². The second-order valence-corrected chi connectivity index (χ2v) is 5.29. The molecule has 3 aromatic heterocycles. The quantitative estimate of drug-likeness (QED) is 0.733. The van der Waals surface area contributed by atoms with Crippen molar-refractivity contribution in [3.05, 3.63) is 48.2 Å². The molecule has 0 atom stereocenters. The van der Waals surface area contributed by atoms with Crippen LogP contribution in [0.2, 0.25) is 0 Å². The molecule has 0 fully saturated rings. The van der Waals surface area contributed by atoms with Crippen LogP contribution in [0.4, 0.5) is 5.82 Å². The summed E-state index contributed by atoms with van der Waals surface area (Å²) in [6.45, 7) is 3.12. The summed E-state index contributed by atoms with van der Waals surface area (Å²) in [7, 11) is 2.00. The first kappa shape index (κ1) is 14.5. The standard InChI is InChI=1S/C16H20N4O2/c1-12-14(4-8-22-12)15-9-16(20(18-15)6-7-21)17-10-13-3-5-19(2)11-13/h3-5,8-9,11,17,21H,6-7,10H2,1-2H3. The van der Waals surface area contributed by atoms with Crippen LogP contribution in [0.1, 0.15) is 11.3 Å². The molecule has 22 heavy (non-hydrogen) atoms. The maximum Gasteiger partial charge on any atom is 0.125 e. The number of hydrogen-bond donors (Lipinski definition) is 2. The van der Waals surface area contributed by atoms with Crippen molar-refractivity contribution in [3.8, 4) is 11.3 Å². The molecule has 3 heterocycles. The summed E-state index contributed by atoms with van der Waals surface area (Å²) in [4.78, 5) is 0. The van der Waals surface area contributed by atoms with Gasteiger partial charge in [-0.25, -0.2) is 4.68 Å². The van der Waals surface area contributed by atoms with Gasteiger partial charge >= 0.3 is 0 Å². The van der Waals surface area contributed by atoms with Gasteiger partial charge in [0.2, 0.25) is 0 Å². The highest BCUT2D eigenvalue weighted by atomic mass is 16.3. The topological polar surface area (TPSA) is 68.2 Å². The minimum absolute atomic E-state index is 0.0471. The van der Waals surface area contributed by atoms with Gasteiger partial charge in [0.05, 0.1) is 25.1 Å². The monoisotopic (exact) mass is 300 g/mol. The van der Waals surface area contributed by atoms with E-state index in [1.807, 2.05) is 36.9 Å². The van der Waals surface area contributed by atoms with Gasteiger partial charge in [0.15, 0.2) is 0 Å². The van der Waals surface area contributed by atoms with E-state index in [9.17, 15) is 5.11 Å². The number of anilines is 1. The van der Waals surface area contributed by atoms with Gasteiger partial charge in [0.25, 0.3) is 0 Å². The highest BCUT2D eigenvalue weighted by molar-refractivity contribution is 5.64. The van der Waals surface area contributed by atoms with Crippen LogP contribution in [0, 0.1) is 6.92 Å². The molecule has 0 aromatic carbocycles. The zero-order valence-corrected chi connectivity index (χ0v) is 12.8. The molecule has 0 aliphatic carbocycles. The zero-order valence-electron chi connectivity index (χ0n) is 12.8. The molecule has 0 aliphatic heterocycles. The maximum absolute atomic E-state index is 9.22. The summed E-state index contributed by atoms with van der Waals surface area (Å²) in [5.41, 5.74) is 3.01. The van der Waals surface area contributed by atoms with E-state index >= 15 is 0 Å². The summed E-state index contributed by atoms with van der Waals surface area (Å²) >= 11 is 0. The van der Waals surface area contributed by atoms with Crippen LogP contribution in [0.25, 0.3) is 11.3 Å². The Morgan fingerprint density at radius 2 is 2.23 bits per heavy atom. The summed E-state index contributed by atoms with van der Waals surface area (Å²) in [6.07, 6.45) is 5.75. The summed E-state index contributed by atoms with van der Waals surface area (Å²) in [6, 6.07) is 5.96. The van der Waals surface area contributed by atoms with Crippen LogP contribution >= 0.6 is 0 Å². The van der Waals surface area contributed by atoms with Crippen LogP contribution in [0.5, 0.6) is 0 Å². The van der Waals surface area contributed by atoms with E-state index in [-0.39, 0.29) is 6.61 Å². The fourth-order valence-corrected chi connectivity index (χ4v) is 2.46. The van der Waals surface area contributed by atoms with Crippen molar-refractivity contribution >= 4 is 5.82 Å². The van der Waals surface area contributed by atoms with E-state index in [0.29, 0.717) is 13.1 Å². The Morgan fingerprint density at radius 3 is 2.86 bits per heavy atom. The van der Waals surface area contributed by atoms with Gasteiger partial charge in [0.1, 0.15) is 11.6 Å². The van der Waals surface area contributed by atoms with Crippen LogP contribution in [0.3, 0.4) is 0 Å². The first-order chi connectivity index (χ1) is 10.7. The Balaban J connectivity index is 1.82. The van der Waals surface area contributed by atoms with Gasteiger partial charge in [-0.15, -0.1) is 0 Å². The van der Waals surface area contributed by atoms with Gasteiger partial charge in [-0.2, -0.15) is 5.10 Å². The molecule has 0 aliphatic rings. The lowest BCUT2D eigenvalue weighted by Gasteiger charge is -2.07. The summed E-state index contributed by atoms with van der Waals surface area (Å²) in [5.74, 6) is 1.72. The van der Waals surface area contributed by atoms with Crippen molar-refractivity contribution in [2.45, 2.75) is 20.0 Å². The van der Waals surface area contributed by atoms with Gasteiger partial charge < -0.3 is 19.4 Å². The minimum atomic E-state index is 0.0471. The molecule has 0 bridgehead atoms. The van der Waals surface area contributed by atoms with Crippen LogP contribution in [0.15, 0.2) is 41.3 Å². The molecule has 0 spiro atoms. The lowest BCUT2D eigenvalue weighted by molar-refractivity contribution is 0.270. The molecule has 6 heteroatoms. The van der Waals surface area contributed by atoms with Gasteiger partial charge in [0, 0.05) is 37.6 Å². The number of nitrogens with zero attached hydrogens (tertiary/aromatic N) is 3. The molecule has 6 nitrogen and oxygen atoms in total. The molecular formula is C16H20N4O2. The number of nitrogens with one attached hydrogen (secondary N) is 1. The highest BCUT2D eigenvalue weighted by Crippen LogP contribution is 2.26. The lowest BCUT2D eigenvalue weighted by atomic mass is 10.2. The number of furan rings is 1. The largest absolute Gasteiger partial charge is 0.469 e. The Bertz CT molecular complexity index is 754. The van der Waals surface area contributed by atoms with Gasteiger partial charge in [-0.05, 0) is 24.6 Å². The molecule has 2 N–H and O–H groups in total. The average molecular weight is 300 g/mol. The van der Waals surface area contributed by atoms with E-state index < -0.39 is 0 Å². The number of aliphatic hydroxyl groups excluding tert-OH is 1. The fraction of sp³-hybridized carbons (Fsp3) is 0.312. The number of hydrogen-bond acceptors (Lipinski definition) is 4. The Hall–Kier alpha value is -2.47. The van der Waals surface area contributed by atoms with Crippen molar-refractivity contribution in [2.75, 3.05) is 11.9 Å². The third-order valence-electron chi connectivity index (χ3n) is 3.59. The smallest absolute Gasteiger partial charge is 0.125 e. The summed E-state index contributed by atoms with van der Waals surface area (Å²) in [5, 5.41) is 17.1. The third-order valence-corrected chi connectivity index (χ3v) is 3.59. The molecular weight excluding hydrogens is 280 g/mol. The Kier molecular flexibility index (Phi) is 4.02. The molecule has 116 valence electrons. The third kappa shape index (κ3) is 2.92.